The van der Waals surface area contributed by atoms with Crippen LogP contribution in [0.15, 0.2) is 84.9 Å². The molecule has 1 aliphatic carbocycles. The summed E-state index contributed by atoms with van der Waals surface area (Å²) in [6.45, 7) is 2.02. The molecule has 148 valence electrons. The minimum Gasteiger partial charge on any atom is -0.385 e. The zero-order valence-corrected chi connectivity index (χ0v) is 16.9. The first kappa shape index (κ1) is 18.7. The van der Waals surface area contributed by atoms with E-state index < -0.39 is 11.0 Å². The lowest BCUT2D eigenvalue weighted by Crippen LogP contribution is -2.54. The lowest BCUT2D eigenvalue weighted by Gasteiger charge is -2.50. The topological polar surface area (TPSA) is 50.2 Å². The van der Waals surface area contributed by atoms with E-state index in [1.165, 1.54) is 0 Å². The number of carbonyl (C=O) groups is 1. The van der Waals surface area contributed by atoms with Gasteiger partial charge >= 0.3 is 0 Å². The number of aldehydes is 1. The van der Waals surface area contributed by atoms with Gasteiger partial charge in [-0.15, -0.1) is 0 Å². The Hall–Kier alpha value is -3.30. The summed E-state index contributed by atoms with van der Waals surface area (Å²) < 4.78 is 0. The van der Waals surface area contributed by atoms with Crippen LogP contribution in [0.4, 0.5) is 0 Å². The molecular weight excluding hydrogens is 370 g/mol. The van der Waals surface area contributed by atoms with Gasteiger partial charge in [-0.2, -0.15) is 0 Å². The number of aryl methyl sites for hydroxylation is 1. The fraction of sp³-hybridized carbons (Fsp3) is 0.185. The van der Waals surface area contributed by atoms with E-state index in [1.54, 1.807) is 0 Å². The lowest BCUT2D eigenvalue weighted by atomic mass is 9.55. The Bertz CT molecular complexity index is 1220. The number of hydrogen-bond acceptors (Lipinski definition) is 3. The zero-order chi connectivity index (χ0) is 20.8. The first-order chi connectivity index (χ1) is 14.5. The van der Waals surface area contributed by atoms with Gasteiger partial charge in [0.1, 0.15) is 6.29 Å². The molecular formula is C27H23NO2. The highest BCUT2D eigenvalue weighted by Gasteiger charge is 2.57. The minimum absolute atomic E-state index is 0.335. The van der Waals surface area contributed by atoms with Crippen molar-refractivity contribution in [3.05, 3.63) is 102 Å². The van der Waals surface area contributed by atoms with Crippen LogP contribution in [0.2, 0.25) is 0 Å². The van der Waals surface area contributed by atoms with Gasteiger partial charge in [0.2, 0.25) is 0 Å². The molecule has 1 fully saturated rings. The molecule has 0 aliphatic heterocycles. The summed E-state index contributed by atoms with van der Waals surface area (Å²) in [6, 6.07) is 28.0. The predicted octanol–water partition coefficient (Wildman–Crippen LogP) is 5.33. The normalized spacial score (nSPS) is 23.1. The van der Waals surface area contributed by atoms with Gasteiger partial charge in [-0.1, -0.05) is 84.4 Å². The Labute approximate surface area is 176 Å². The van der Waals surface area contributed by atoms with Crippen LogP contribution in [0.1, 0.15) is 29.7 Å². The predicted molar refractivity (Wildman–Crippen MR) is 119 cm³/mol. The Morgan fingerprint density at radius 2 is 1.57 bits per heavy atom. The van der Waals surface area contributed by atoms with Crippen molar-refractivity contribution in [2.45, 2.75) is 30.8 Å². The van der Waals surface area contributed by atoms with E-state index in [9.17, 15) is 9.90 Å². The molecule has 30 heavy (non-hydrogen) atoms. The van der Waals surface area contributed by atoms with Gasteiger partial charge in [0.05, 0.1) is 22.4 Å². The maximum atomic E-state index is 12.4. The molecule has 0 saturated heterocycles. The maximum absolute atomic E-state index is 12.4. The van der Waals surface area contributed by atoms with Crippen LogP contribution in [0.5, 0.6) is 0 Å². The van der Waals surface area contributed by atoms with E-state index >= 15 is 0 Å². The van der Waals surface area contributed by atoms with Gasteiger partial charge in [-0.05, 0) is 36.8 Å². The second-order valence-electron chi connectivity index (χ2n) is 8.47. The number of benzene rings is 3. The van der Waals surface area contributed by atoms with Crippen molar-refractivity contribution in [1.82, 2.24) is 4.98 Å². The van der Waals surface area contributed by atoms with Crippen LogP contribution in [0.3, 0.4) is 0 Å². The van der Waals surface area contributed by atoms with Crippen molar-refractivity contribution in [2.24, 2.45) is 0 Å². The van der Waals surface area contributed by atoms with Gasteiger partial charge in [-0.3, -0.25) is 4.98 Å². The smallest absolute Gasteiger partial charge is 0.132 e. The fourth-order valence-electron chi connectivity index (χ4n) is 4.70. The van der Waals surface area contributed by atoms with Crippen LogP contribution in [-0.2, 0) is 15.8 Å². The molecule has 0 atom stereocenters. The molecule has 0 radical (unpaired) electrons. The van der Waals surface area contributed by atoms with E-state index in [1.807, 2.05) is 79.7 Å². The standard InChI is InChI=1S/C27H23NO2/c1-19-11-13-22(14-12-19)27(30)16-26(17-27,18-29)25-23-10-6-5-9-21(23)15-24(28-25)20-7-3-2-4-8-20/h2-15,18,30H,16-17H2,1H3. The summed E-state index contributed by atoms with van der Waals surface area (Å²) in [5, 5.41) is 13.3. The molecule has 5 rings (SSSR count). The molecule has 0 bridgehead atoms. The SMILES string of the molecule is Cc1ccc(C2(O)CC(C=O)(c3nc(-c4ccccc4)cc4ccccc34)C2)cc1. The van der Waals surface area contributed by atoms with Gasteiger partial charge in [0, 0.05) is 10.9 Å². The van der Waals surface area contributed by atoms with E-state index in [0.717, 1.165) is 45.1 Å². The maximum Gasteiger partial charge on any atom is 0.132 e. The van der Waals surface area contributed by atoms with Crippen LogP contribution in [0, 0.1) is 6.92 Å². The van der Waals surface area contributed by atoms with Crippen LogP contribution >= 0.6 is 0 Å². The number of nitrogens with zero attached hydrogens (tertiary/aromatic N) is 1. The summed E-state index contributed by atoms with van der Waals surface area (Å²) in [4.78, 5) is 17.4. The van der Waals surface area contributed by atoms with Crippen molar-refractivity contribution in [2.75, 3.05) is 0 Å². The highest BCUT2D eigenvalue weighted by molar-refractivity contribution is 5.92. The third-order valence-corrected chi connectivity index (χ3v) is 6.31. The molecule has 0 unspecified atom stereocenters. The molecule has 3 heteroatoms. The Morgan fingerprint density at radius 1 is 0.900 bits per heavy atom. The molecule has 0 amide bonds. The number of rotatable bonds is 4. The summed E-state index contributed by atoms with van der Waals surface area (Å²) in [6.07, 6.45) is 1.66. The molecule has 1 saturated carbocycles. The second-order valence-corrected chi connectivity index (χ2v) is 8.47. The van der Waals surface area contributed by atoms with Crippen LogP contribution in [0.25, 0.3) is 22.0 Å². The lowest BCUT2D eigenvalue weighted by molar-refractivity contribution is -0.136. The average Bonchev–Trinajstić information content (AvgIpc) is 2.77. The fourth-order valence-corrected chi connectivity index (χ4v) is 4.70. The van der Waals surface area contributed by atoms with Crippen molar-refractivity contribution >= 4 is 17.1 Å². The summed E-state index contributed by atoms with van der Waals surface area (Å²) in [5.74, 6) is 0. The summed E-state index contributed by atoms with van der Waals surface area (Å²) in [5.41, 5.74) is 2.80. The molecule has 4 aromatic rings. The van der Waals surface area contributed by atoms with Crippen molar-refractivity contribution in [1.29, 1.82) is 0 Å². The van der Waals surface area contributed by atoms with Gasteiger partial charge in [-0.25, -0.2) is 0 Å². The van der Waals surface area contributed by atoms with Crippen LogP contribution < -0.4 is 0 Å². The molecule has 1 heterocycles. The number of pyridine rings is 1. The molecule has 1 N–H and O–H groups in total. The summed E-state index contributed by atoms with van der Waals surface area (Å²) >= 11 is 0. The zero-order valence-electron chi connectivity index (χ0n) is 16.9. The third kappa shape index (κ3) is 2.94. The van der Waals surface area contributed by atoms with E-state index in [-0.39, 0.29) is 0 Å². The molecule has 1 aliphatic rings. The van der Waals surface area contributed by atoms with Crippen molar-refractivity contribution in [3.63, 3.8) is 0 Å². The number of carbonyl (C=O) groups excluding carboxylic acids is 1. The molecule has 0 spiro atoms. The monoisotopic (exact) mass is 393 g/mol. The Morgan fingerprint density at radius 3 is 2.27 bits per heavy atom. The second kappa shape index (κ2) is 6.89. The Kier molecular flexibility index (Phi) is 4.30. The van der Waals surface area contributed by atoms with E-state index in [2.05, 4.69) is 12.1 Å². The highest BCUT2D eigenvalue weighted by Crippen LogP contribution is 2.55. The largest absolute Gasteiger partial charge is 0.385 e. The minimum atomic E-state index is -1.01. The van der Waals surface area contributed by atoms with E-state index in [0.29, 0.717) is 12.8 Å². The van der Waals surface area contributed by atoms with Crippen molar-refractivity contribution in [3.8, 4) is 11.3 Å². The van der Waals surface area contributed by atoms with E-state index in [4.69, 9.17) is 4.98 Å². The molecule has 3 aromatic carbocycles. The number of fused-ring (bicyclic) bond motifs is 1. The quantitative estimate of drug-likeness (QED) is 0.477. The first-order valence-corrected chi connectivity index (χ1v) is 10.2. The number of aromatic nitrogens is 1. The molecule has 3 nitrogen and oxygen atoms in total. The van der Waals surface area contributed by atoms with Gasteiger partial charge < -0.3 is 9.90 Å². The first-order valence-electron chi connectivity index (χ1n) is 10.2. The average molecular weight is 393 g/mol. The van der Waals surface area contributed by atoms with Gasteiger partial charge in [0.25, 0.3) is 0 Å². The Balaban J connectivity index is 1.63. The molecule has 1 aromatic heterocycles. The van der Waals surface area contributed by atoms with Crippen LogP contribution in [-0.4, -0.2) is 16.4 Å². The summed E-state index contributed by atoms with van der Waals surface area (Å²) in [7, 11) is 0. The van der Waals surface area contributed by atoms with Crippen molar-refractivity contribution < 1.29 is 9.90 Å². The highest BCUT2D eigenvalue weighted by atomic mass is 16.3. The number of hydrogen-bond donors (Lipinski definition) is 1. The third-order valence-electron chi connectivity index (χ3n) is 6.31. The number of aliphatic hydroxyl groups is 1. The van der Waals surface area contributed by atoms with Gasteiger partial charge in [0.15, 0.2) is 0 Å².